The van der Waals surface area contributed by atoms with Gasteiger partial charge in [0.25, 0.3) is 0 Å². The zero-order valence-electron chi connectivity index (χ0n) is 15.9. The molecule has 0 saturated carbocycles. The number of methoxy groups -OCH3 is 1. The van der Waals surface area contributed by atoms with Gasteiger partial charge in [-0.25, -0.2) is 0 Å². The Morgan fingerprint density at radius 2 is 1.83 bits per heavy atom. The first kappa shape index (κ1) is 18.3. The molecule has 0 aliphatic heterocycles. The summed E-state index contributed by atoms with van der Waals surface area (Å²) in [6, 6.07) is 15.3. The molecule has 0 bridgehead atoms. The number of hydrogen-bond acceptors (Lipinski definition) is 9. The van der Waals surface area contributed by atoms with Gasteiger partial charge in [-0.2, -0.15) is 19.7 Å². The van der Waals surface area contributed by atoms with Crippen LogP contribution in [0.15, 0.2) is 48.5 Å². The minimum absolute atomic E-state index is 0.0891. The van der Waals surface area contributed by atoms with Crippen molar-refractivity contribution in [3.8, 4) is 17.1 Å². The van der Waals surface area contributed by atoms with Crippen LogP contribution in [0.5, 0.6) is 5.75 Å². The Kier molecular flexibility index (Phi) is 4.97. The van der Waals surface area contributed by atoms with E-state index in [1.807, 2.05) is 55.5 Å². The van der Waals surface area contributed by atoms with Crippen LogP contribution < -0.4 is 15.8 Å². The number of nitrogens with zero attached hydrogens (tertiary/aromatic N) is 7. The summed E-state index contributed by atoms with van der Waals surface area (Å²) in [5, 5.41) is 15.7. The minimum Gasteiger partial charge on any atom is -0.495 e. The molecule has 0 atom stereocenters. The SMILES string of the molecule is COc1ccccc1Nc1nc(N)nc(Cn2nnc(-c3ccc(C)cc3)n2)n1. The van der Waals surface area contributed by atoms with Crippen molar-refractivity contribution >= 4 is 17.6 Å². The Morgan fingerprint density at radius 1 is 1.03 bits per heavy atom. The highest BCUT2D eigenvalue weighted by molar-refractivity contribution is 5.62. The molecule has 0 aliphatic carbocycles. The van der Waals surface area contributed by atoms with Crippen molar-refractivity contribution < 1.29 is 4.74 Å². The first-order chi connectivity index (χ1) is 14.1. The molecule has 4 aromatic rings. The third-order valence-electron chi connectivity index (χ3n) is 4.10. The summed E-state index contributed by atoms with van der Waals surface area (Å²) in [5.74, 6) is 1.98. The fourth-order valence-electron chi connectivity index (χ4n) is 2.69. The topological polar surface area (TPSA) is 130 Å². The molecular weight excluding hydrogens is 370 g/mol. The number of rotatable bonds is 6. The molecule has 10 heteroatoms. The average molecular weight is 389 g/mol. The van der Waals surface area contributed by atoms with Crippen LogP contribution in [0.25, 0.3) is 11.4 Å². The Hall–Kier alpha value is -4.08. The van der Waals surface area contributed by atoms with Crippen molar-refractivity contribution in [3.63, 3.8) is 0 Å². The summed E-state index contributed by atoms with van der Waals surface area (Å²) in [6.45, 7) is 2.22. The molecule has 0 aliphatic rings. The second-order valence-corrected chi connectivity index (χ2v) is 6.27. The van der Waals surface area contributed by atoms with E-state index >= 15 is 0 Å². The second kappa shape index (κ2) is 7.89. The molecule has 0 radical (unpaired) electrons. The Balaban J connectivity index is 1.54. The van der Waals surface area contributed by atoms with Crippen LogP contribution >= 0.6 is 0 Å². The van der Waals surface area contributed by atoms with Gasteiger partial charge in [-0.05, 0) is 24.3 Å². The monoisotopic (exact) mass is 389 g/mol. The van der Waals surface area contributed by atoms with E-state index in [2.05, 4.69) is 35.7 Å². The summed E-state index contributed by atoms with van der Waals surface area (Å²) in [6.07, 6.45) is 0. The molecule has 0 saturated heterocycles. The largest absolute Gasteiger partial charge is 0.495 e. The van der Waals surface area contributed by atoms with Gasteiger partial charge in [0.1, 0.15) is 12.3 Å². The fourth-order valence-corrected chi connectivity index (χ4v) is 2.69. The average Bonchev–Trinajstić information content (AvgIpc) is 3.17. The summed E-state index contributed by atoms with van der Waals surface area (Å²) in [4.78, 5) is 14.1. The molecule has 3 N–H and O–H groups in total. The number of hydrogen-bond donors (Lipinski definition) is 2. The van der Waals surface area contributed by atoms with E-state index in [1.165, 1.54) is 4.80 Å². The molecule has 2 aromatic heterocycles. The number of anilines is 3. The van der Waals surface area contributed by atoms with Crippen LogP contribution in [-0.2, 0) is 6.54 Å². The maximum absolute atomic E-state index is 5.85. The third kappa shape index (κ3) is 4.26. The van der Waals surface area contributed by atoms with E-state index in [0.29, 0.717) is 29.0 Å². The number of ether oxygens (including phenoxy) is 1. The molecule has 0 amide bonds. The maximum atomic E-state index is 5.85. The van der Waals surface area contributed by atoms with Crippen LogP contribution in [0, 0.1) is 6.92 Å². The van der Waals surface area contributed by atoms with E-state index in [0.717, 1.165) is 11.1 Å². The number of tetrazole rings is 1. The Labute approximate surface area is 166 Å². The highest BCUT2D eigenvalue weighted by Crippen LogP contribution is 2.25. The lowest BCUT2D eigenvalue weighted by Gasteiger charge is -2.10. The lowest BCUT2D eigenvalue weighted by molar-refractivity contribution is 0.417. The van der Waals surface area contributed by atoms with Gasteiger partial charge < -0.3 is 15.8 Å². The molecule has 0 unspecified atom stereocenters. The molecule has 2 heterocycles. The quantitative estimate of drug-likeness (QED) is 0.510. The van der Waals surface area contributed by atoms with Crippen molar-refractivity contribution in [2.75, 3.05) is 18.2 Å². The summed E-state index contributed by atoms with van der Waals surface area (Å²) in [7, 11) is 1.59. The molecule has 4 rings (SSSR count). The Bertz CT molecular complexity index is 1120. The summed E-state index contributed by atoms with van der Waals surface area (Å²) < 4.78 is 5.33. The number of aromatic nitrogens is 7. The molecule has 10 nitrogen and oxygen atoms in total. The van der Waals surface area contributed by atoms with Gasteiger partial charge >= 0.3 is 0 Å². The zero-order chi connectivity index (χ0) is 20.2. The van der Waals surface area contributed by atoms with Gasteiger partial charge in [0.2, 0.25) is 17.7 Å². The van der Waals surface area contributed by atoms with Crippen molar-refractivity contribution in [2.45, 2.75) is 13.5 Å². The van der Waals surface area contributed by atoms with E-state index in [-0.39, 0.29) is 12.5 Å². The number of para-hydroxylation sites is 2. The first-order valence-corrected chi connectivity index (χ1v) is 8.86. The summed E-state index contributed by atoms with van der Waals surface area (Å²) in [5.41, 5.74) is 8.61. The van der Waals surface area contributed by atoms with Gasteiger partial charge in [0.15, 0.2) is 5.82 Å². The number of nitrogens with two attached hydrogens (primary N) is 1. The van der Waals surface area contributed by atoms with E-state index in [4.69, 9.17) is 10.5 Å². The van der Waals surface area contributed by atoms with E-state index < -0.39 is 0 Å². The molecule has 29 heavy (non-hydrogen) atoms. The lowest BCUT2D eigenvalue weighted by Crippen LogP contribution is -2.12. The predicted molar refractivity (Wildman–Crippen MR) is 108 cm³/mol. The predicted octanol–water partition coefficient (Wildman–Crippen LogP) is 2.22. The lowest BCUT2D eigenvalue weighted by atomic mass is 10.1. The van der Waals surface area contributed by atoms with Gasteiger partial charge in [-0.15, -0.1) is 10.2 Å². The molecule has 0 fully saturated rings. The van der Waals surface area contributed by atoms with Gasteiger partial charge in [0, 0.05) is 5.56 Å². The number of nitrogen functional groups attached to an aromatic ring is 1. The Morgan fingerprint density at radius 3 is 2.62 bits per heavy atom. The highest BCUT2D eigenvalue weighted by atomic mass is 16.5. The molecular formula is C19H19N9O. The van der Waals surface area contributed by atoms with Crippen LogP contribution in [0.2, 0.25) is 0 Å². The number of aryl methyl sites for hydroxylation is 1. The normalized spacial score (nSPS) is 10.7. The van der Waals surface area contributed by atoms with Crippen molar-refractivity contribution in [1.82, 2.24) is 35.2 Å². The fraction of sp³-hybridized carbons (Fsp3) is 0.158. The van der Waals surface area contributed by atoms with Crippen LogP contribution in [-0.4, -0.2) is 42.3 Å². The molecule has 2 aromatic carbocycles. The van der Waals surface area contributed by atoms with Crippen LogP contribution in [0.4, 0.5) is 17.6 Å². The highest BCUT2D eigenvalue weighted by Gasteiger charge is 2.11. The van der Waals surface area contributed by atoms with E-state index in [1.54, 1.807) is 7.11 Å². The van der Waals surface area contributed by atoms with E-state index in [9.17, 15) is 0 Å². The van der Waals surface area contributed by atoms with Crippen LogP contribution in [0.1, 0.15) is 11.4 Å². The number of nitrogens with one attached hydrogen (secondary N) is 1. The summed E-state index contributed by atoms with van der Waals surface area (Å²) >= 11 is 0. The second-order valence-electron chi connectivity index (χ2n) is 6.27. The van der Waals surface area contributed by atoms with Gasteiger partial charge in [0.05, 0.1) is 12.8 Å². The molecule has 0 spiro atoms. The zero-order valence-corrected chi connectivity index (χ0v) is 15.9. The van der Waals surface area contributed by atoms with Gasteiger partial charge in [-0.3, -0.25) is 0 Å². The molecule has 146 valence electrons. The van der Waals surface area contributed by atoms with Crippen molar-refractivity contribution in [1.29, 1.82) is 0 Å². The number of benzene rings is 2. The standard InChI is InChI=1S/C19H19N9O/c1-12-7-9-13(10-8-12)17-25-27-28(26-17)11-16-22-18(20)24-19(23-16)21-14-5-3-4-6-15(14)29-2/h3-10H,11H2,1-2H3,(H3,20,21,22,23,24). The minimum atomic E-state index is 0.0891. The van der Waals surface area contributed by atoms with Crippen LogP contribution in [0.3, 0.4) is 0 Å². The maximum Gasteiger partial charge on any atom is 0.232 e. The smallest absolute Gasteiger partial charge is 0.232 e. The van der Waals surface area contributed by atoms with Gasteiger partial charge in [-0.1, -0.05) is 42.0 Å². The third-order valence-corrected chi connectivity index (χ3v) is 4.10. The van der Waals surface area contributed by atoms with Crippen molar-refractivity contribution in [3.05, 3.63) is 59.9 Å². The van der Waals surface area contributed by atoms with Crippen molar-refractivity contribution in [2.24, 2.45) is 0 Å². The first-order valence-electron chi connectivity index (χ1n) is 8.86.